The zero-order valence-electron chi connectivity index (χ0n) is 12.0. The minimum absolute atomic E-state index is 0.128. The number of aryl methyl sites for hydroxylation is 1. The fourth-order valence-corrected chi connectivity index (χ4v) is 2.44. The maximum Gasteiger partial charge on any atom is 0.205 e. The van der Waals surface area contributed by atoms with Crippen molar-refractivity contribution in [3.05, 3.63) is 46.2 Å². The van der Waals surface area contributed by atoms with Crippen LogP contribution in [-0.4, -0.2) is 29.8 Å². The Bertz CT molecular complexity index is 673. The molecule has 1 heterocycles. The topological polar surface area (TPSA) is 53.3 Å². The van der Waals surface area contributed by atoms with Crippen LogP contribution in [0.5, 0.6) is 11.5 Å². The largest absolute Gasteiger partial charge is 0.493 e. The van der Waals surface area contributed by atoms with E-state index in [1.165, 1.54) is 10.8 Å². The molecule has 0 N–H and O–H groups in total. The molecular formula is C15H15BrN2O3. The van der Waals surface area contributed by atoms with E-state index in [4.69, 9.17) is 9.47 Å². The maximum absolute atomic E-state index is 12.2. The molecule has 0 aliphatic carbocycles. The summed E-state index contributed by atoms with van der Waals surface area (Å²) in [7, 11) is 4.88. The molecule has 1 aromatic heterocycles. The summed E-state index contributed by atoms with van der Waals surface area (Å²) in [4.78, 5) is 12.2. The minimum Gasteiger partial charge on any atom is -0.493 e. The number of nitrogens with zero attached hydrogens (tertiary/aromatic N) is 2. The number of carbonyl (C=O) groups excluding carboxylic acids is 1. The van der Waals surface area contributed by atoms with Crippen molar-refractivity contribution in [3.63, 3.8) is 0 Å². The number of methoxy groups -OCH3 is 2. The molecule has 0 aliphatic heterocycles. The van der Waals surface area contributed by atoms with Crippen LogP contribution in [-0.2, 0) is 7.05 Å². The maximum atomic E-state index is 12.2. The molecular weight excluding hydrogens is 336 g/mol. The van der Waals surface area contributed by atoms with Crippen molar-refractivity contribution in [2.24, 2.45) is 7.05 Å². The lowest BCUT2D eigenvalue weighted by atomic mass is 10.1. The third kappa shape index (κ3) is 3.33. The van der Waals surface area contributed by atoms with Crippen molar-refractivity contribution in [2.75, 3.05) is 14.2 Å². The number of hydrogen-bond donors (Lipinski definition) is 0. The van der Waals surface area contributed by atoms with E-state index >= 15 is 0 Å². The number of rotatable bonds is 5. The molecule has 0 bridgehead atoms. The number of benzene rings is 1. The summed E-state index contributed by atoms with van der Waals surface area (Å²) in [5.74, 6) is 1.14. The Morgan fingerprint density at radius 3 is 2.57 bits per heavy atom. The van der Waals surface area contributed by atoms with E-state index in [1.807, 2.05) is 6.07 Å². The Hall–Kier alpha value is -2.08. The van der Waals surface area contributed by atoms with Gasteiger partial charge in [-0.2, -0.15) is 5.10 Å². The van der Waals surface area contributed by atoms with E-state index in [0.29, 0.717) is 21.7 Å². The quantitative estimate of drug-likeness (QED) is 0.614. The summed E-state index contributed by atoms with van der Waals surface area (Å²) in [6.07, 6.45) is 4.82. The molecule has 5 nitrogen and oxygen atoms in total. The normalized spacial score (nSPS) is 10.9. The molecule has 6 heteroatoms. The van der Waals surface area contributed by atoms with E-state index in [0.717, 1.165) is 5.56 Å². The molecule has 0 aliphatic rings. The zero-order valence-corrected chi connectivity index (χ0v) is 13.5. The number of halogens is 1. The van der Waals surface area contributed by atoms with Gasteiger partial charge >= 0.3 is 0 Å². The molecule has 0 atom stereocenters. The first-order valence-corrected chi connectivity index (χ1v) is 6.98. The highest BCUT2D eigenvalue weighted by Gasteiger charge is 2.12. The molecule has 0 spiro atoms. The van der Waals surface area contributed by atoms with Gasteiger partial charge in [-0.25, -0.2) is 0 Å². The van der Waals surface area contributed by atoms with Crippen LogP contribution in [0, 0.1) is 0 Å². The first kappa shape index (κ1) is 15.3. The molecule has 110 valence electrons. The van der Waals surface area contributed by atoms with Crippen molar-refractivity contribution in [2.45, 2.75) is 0 Å². The van der Waals surface area contributed by atoms with E-state index in [9.17, 15) is 4.79 Å². The predicted octanol–water partition coefficient (Wildman–Crippen LogP) is 3.10. The molecule has 21 heavy (non-hydrogen) atoms. The first-order chi connectivity index (χ1) is 10.1. The monoisotopic (exact) mass is 350 g/mol. The van der Waals surface area contributed by atoms with Crippen molar-refractivity contribution in [3.8, 4) is 11.5 Å². The van der Waals surface area contributed by atoms with Gasteiger partial charge in [-0.05, 0) is 39.7 Å². The van der Waals surface area contributed by atoms with Gasteiger partial charge in [0.05, 0.1) is 24.9 Å². The van der Waals surface area contributed by atoms with Crippen LogP contribution >= 0.6 is 15.9 Å². The molecule has 0 saturated heterocycles. The van der Waals surface area contributed by atoms with Crippen molar-refractivity contribution >= 4 is 27.8 Å². The number of carbonyl (C=O) groups is 1. The van der Waals surface area contributed by atoms with Gasteiger partial charge < -0.3 is 9.47 Å². The van der Waals surface area contributed by atoms with Gasteiger partial charge in [-0.1, -0.05) is 12.1 Å². The summed E-state index contributed by atoms with van der Waals surface area (Å²) in [5, 5.41) is 4.02. The van der Waals surface area contributed by atoms with E-state index in [-0.39, 0.29) is 5.78 Å². The second kappa shape index (κ2) is 6.58. The third-order valence-corrected chi connectivity index (χ3v) is 3.54. The standard InChI is InChI=1S/C15H15BrN2O3/c1-18-15(11(16)9-17-18)12(19)6-4-10-5-7-13(20-2)14(8-10)21-3/h4-9H,1-3H3/b6-4+. The number of hydrogen-bond acceptors (Lipinski definition) is 4. The van der Waals surface area contributed by atoms with E-state index in [1.54, 1.807) is 45.7 Å². The summed E-state index contributed by atoms with van der Waals surface area (Å²) in [6.45, 7) is 0. The van der Waals surface area contributed by atoms with Crippen molar-refractivity contribution in [1.29, 1.82) is 0 Å². The number of ether oxygens (including phenoxy) is 2. The second-order valence-electron chi connectivity index (χ2n) is 4.28. The lowest BCUT2D eigenvalue weighted by Crippen LogP contribution is -2.04. The molecule has 0 amide bonds. The molecule has 0 radical (unpaired) electrons. The molecule has 2 aromatic rings. The third-order valence-electron chi connectivity index (χ3n) is 2.96. The first-order valence-electron chi connectivity index (χ1n) is 6.18. The SMILES string of the molecule is COc1ccc(/C=C/C(=O)c2c(Br)cnn2C)cc1OC. The van der Waals surface area contributed by atoms with Crippen LogP contribution in [0.25, 0.3) is 6.08 Å². The van der Waals surface area contributed by atoms with Gasteiger partial charge in [0.25, 0.3) is 0 Å². The van der Waals surface area contributed by atoms with E-state index < -0.39 is 0 Å². The fourth-order valence-electron chi connectivity index (χ4n) is 1.90. The highest BCUT2D eigenvalue weighted by molar-refractivity contribution is 9.10. The molecule has 0 saturated carbocycles. The number of aromatic nitrogens is 2. The minimum atomic E-state index is -0.128. The molecule has 2 rings (SSSR count). The molecule has 1 aromatic carbocycles. The van der Waals surface area contributed by atoms with Gasteiger partial charge in [0.2, 0.25) is 5.78 Å². The average molecular weight is 351 g/mol. The van der Waals surface area contributed by atoms with Gasteiger partial charge in [-0.15, -0.1) is 0 Å². The average Bonchev–Trinajstić information content (AvgIpc) is 2.83. The summed E-state index contributed by atoms with van der Waals surface area (Å²) < 4.78 is 12.6. The molecule has 0 unspecified atom stereocenters. The Morgan fingerprint density at radius 1 is 1.29 bits per heavy atom. The van der Waals surface area contributed by atoms with Gasteiger partial charge in [-0.3, -0.25) is 9.48 Å². The van der Waals surface area contributed by atoms with Gasteiger partial charge in [0, 0.05) is 7.05 Å². The highest BCUT2D eigenvalue weighted by Crippen LogP contribution is 2.28. The van der Waals surface area contributed by atoms with Crippen LogP contribution in [0.2, 0.25) is 0 Å². The van der Waals surface area contributed by atoms with Crippen LogP contribution < -0.4 is 9.47 Å². The molecule has 0 fully saturated rings. The highest BCUT2D eigenvalue weighted by atomic mass is 79.9. The predicted molar refractivity (Wildman–Crippen MR) is 83.8 cm³/mol. The second-order valence-corrected chi connectivity index (χ2v) is 5.13. The van der Waals surface area contributed by atoms with Gasteiger partial charge in [0.1, 0.15) is 5.69 Å². The van der Waals surface area contributed by atoms with E-state index in [2.05, 4.69) is 21.0 Å². The van der Waals surface area contributed by atoms with Crippen LogP contribution in [0.3, 0.4) is 0 Å². The van der Waals surface area contributed by atoms with Crippen LogP contribution in [0.1, 0.15) is 16.1 Å². The lowest BCUT2D eigenvalue weighted by Gasteiger charge is -2.07. The van der Waals surface area contributed by atoms with Crippen molar-refractivity contribution < 1.29 is 14.3 Å². The van der Waals surface area contributed by atoms with Crippen LogP contribution in [0.4, 0.5) is 0 Å². The summed E-state index contributed by atoms with van der Waals surface area (Å²) in [6, 6.07) is 5.45. The smallest absolute Gasteiger partial charge is 0.205 e. The Kier molecular flexibility index (Phi) is 4.80. The zero-order chi connectivity index (χ0) is 15.4. The summed E-state index contributed by atoms with van der Waals surface area (Å²) >= 11 is 3.31. The lowest BCUT2D eigenvalue weighted by molar-refractivity contribution is 0.103. The fraction of sp³-hybridized carbons (Fsp3) is 0.200. The Morgan fingerprint density at radius 2 is 2.00 bits per heavy atom. The number of allylic oxidation sites excluding steroid dienone is 1. The Labute approximate surface area is 131 Å². The summed E-state index contributed by atoms with van der Waals surface area (Å²) in [5.41, 5.74) is 1.35. The van der Waals surface area contributed by atoms with Crippen LogP contribution in [0.15, 0.2) is 34.9 Å². The number of ketones is 1. The Balaban J connectivity index is 2.23. The van der Waals surface area contributed by atoms with Crippen molar-refractivity contribution in [1.82, 2.24) is 9.78 Å². The van der Waals surface area contributed by atoms with Gasteiger partial charge in [0.15, 0.2) is 11.5 Å².